The molecule has 0 spiro atoms. The van der Waals surface area contributed by atoms with Gasteiger partial charge in [-0.1, -0.05) is 109 Å². The molecule has 0 fully saturated rings. The number of anilines is 3. The lowest BCUT2D eigenvalue weighted by Gasteiger charge is -2.25. The summed E-state index contributed by atoms with van der Waals surface area (Å²) in [5, 5.41) is 7.90. The molecule has 46 heavy (non-hydrogen) atoms. The summed E-state index contributed by atoms with van der Waals surface area (Å²) in [6, 6.07) is 57.9. The van der Waals surface area contributed by atoms with Gasteiger partial charge in [-0.25, -0.2) is 0 Å². The maximum Gasteiger partial charge on any atom is 0.128 e. The fraction of sp³-hybridized carbons (Fsp3) is 0.0233. The Morgan fingerprint density at radius 3 is 1.46 bits per heavy atom. The average molecular weight is 612 g/mol. The molecule has 0 aliphatic heterocycles. The molecule has 0 aliphatic rings. The maximum atomic E-state index is 6.36. The van der Waals surface area contributed by atoms with Crippen LogP contribution < -0.4 is 9.64 Å². The number of para-hydroxylation sites is 2. The summed E-state index contributed by atoms with van der Waals surface area (Å²) in [6.45, 7) is 0. The molecule has 2 nitrogen and oxygen atoms in total. The van der Waals surface area contributed by atoms with Crippen LogP contribution in [0, 0.1) is 0 Å². The number of hydrogen-bond donors (Lipinski definition) is 0. The van der Waals surface area contributed by atoms with Crippen LogP contribution in [-0.2, 0) is 0 Å². The van der Waals surface area contributed by atoms with E-state index in [4.69, 9.17) is 16.3 Å². The largest absolute Gasteiger partial charge is 0.496 e. The van der Waals surface area contributed by atoms with Gasteiger partial charge in [0.2, 0.25) is 0 Å². The second-order valence-corrected chi connectivity index (χ2v) is 11.9. The predicted molar refractivity (Wildman–Crippen MR) is 196 cm³/mol. The summed E-state index contributed by atoms with van der Waals surface area (Å²) in [4.78, 5) is 2.29. The van der Waals surface area contributed by atoms with Gasteiger partial charge in [0.15, 0.2) is 0 Å². The van der Waals surface area contributed by atoms with Crippen molar-refractivity contribution < 1.29 is 4.74 Å². The molecule has 0 saturated carbocycles. The summed E-state index contributed by atoms with van der Waals surface area (Å²) < 4.78 is 5.80. The number of methoxy groups -OCH3 is 1. The lowest BCUT2D eigenvalue weighted by atomic mass is 9.87. The van der Waals surface area contributed by atoms with Crippen molar-refractivity contribution in [3.05, 3.63) is 169 Å². The molecule has 0 heterocycles. The van der Waals surface area contributed by atoms with E-state index in [1.54, 1.807) is 7.11 Å². The van der Waals surface area contributed by atoms with Crippen LogP contribution >= 0.6 is 11.6 Å². The Balaban J connectivity index is 1.33. The van der Waals surface area contributed by atoms with E-state index < -0.39 is 0 Å². The number of fused-ring (bicyclic) bond motifs is 5. The third kappa shape index (κ3) is 4.84. The van der Waals surface area contributed by atoms with E-state index in [0.717, 1.165) is 33.9 Å². The second-order valence-electron chi connectivity index (χ2n) is 11.4. The fourth-order valence-electron chi connectivity index (χ4n) is 6.69. The Labute approximate surface area is 273 Å². The Hall–Kier alpha value is -5.57. The molecule has 0 aromatic heterocycles. The summed E-state index contributed by atoms with van der Waals surface area (Å²) in [5.74, 6) is 0.762. The van der Waals surface area contributed by atoms with Crippen molar-refractivity contribution in [2.45, 2.75) is 0 Å². The zero-order chi connectivity index (χ0) is 31.0. The highest BCUT2D eigenvalue weighted by molar-refractivity contribution is 6.31. The lowest BCUT2D eigenvalue weighted by Crippen LogP contribution is -2.09. The molecule has 8 rings (SSSR count). The molecule has 220 valence electrons. The van der Waals surface area contributed by atoms with Gasteiger partial charge in [-0.2, -0.15) is 0 Å². The smallest absolute Gasteiger partial charge is 0.128 e. The Morgan fingerprint density at radius 2 is 0.891 bits per heavy atom. The molecule has 0 radical (unpaired) electrons. The summed E-state index contributed by atoms with van der Waals surface area (Å²) in [7, 11) is 1.70. The minimum atomic E-state index is 0.655. The van der Waals surface area contributed by atoms with Crippen LogP contribution in [0.15, 0.2) is 164 Å². The van der Waals surface area contributed by atoms with Crippen molar-refractivity contribution in [2.75, 3.05) is 12.0 Å². The van der Waals surface area contributed by atoms with Crippen LogP contribution in [0.3, 0.4) is 0 Å². The SMILES string of the molecule is COc1cc(Cl)ccc1-c1cc2c3ccccc3c(-c3ccc(N(c4ccccc4)c4ccccc4)cc3)cc2c2ccccc12. The number of rotatable bonds is 6. The molecular formula is C43H30ClNO. The number of ether oxygens (including phenoxy) is 1. The van der Waals surface area contributed by atoms with Crippen LogP contribution in [0.2, 0.25) is 5.02 Å². The lowest BCUT2D eigenvalue weighted by molar-refractivity contribution is 0.416. The highest BCUT2D eigenvalue weighted by atomic mass is 35.5. The first-order valence-electron chi connectivity index (χ1n) is 15.4. The van der Waals surface area contributed by atoms with E-state index in [-0.39, 0.29) is 0 Å². The average Bonchev–Trinajstić information content (AvgIpc) is 3.12. The molecule has 0 bridgehead atoms. The first kappa shape index (κ1) is 27.9. The van der Waals surface area contributed by atoms with Crippen LogP contribution in [-0.4, -0.2) is 7.11 Å². The van der Waals surface area contributed by atoms with E-state index in [2.05, 4.69) is 157 Å². The highest BCUT2D eigenvalue weighted by Crippen LogP contribution is 2.44. The molecule has 0 saturated heterocycles. The van der Waals surface area contributed by atoms with E-state index in [9.17, 15) is 0 Å². The van der Waals surface area contributed by atoms with Gasteiger partial charge in [-0.05, 0) is 116 Å². The first-order valence-corrected chi connectivity index (χ1v) is 15.8. The molecule has 0 atom stereocenters. The van der Waals surface area contributed by atoms with Crippen LogP contribution in [0.25, 0.3) is 54.6 Å². The molecule has 8 aromatic rings. The molecule has 0 N–H and O–H groups in total. The number of hydrogen-bond acceptors (Lipinski definition) is 2. The molecule has 0 aliphatic carbocycles. The predicted octanol–water partition coefficient (Wildman–Crippen LogP) is 12.6. The monoisotopic (exact) mass is 611 g/mol. The topological polar surface area (TPSA) is 12.5 Å². The quantitative estimate of drug-likeness (QED) is 0.173. The summed E-state index contributed by atoms with van der Waals surface area (Å²) in [5.41, 5.74) is 7.89. The van der Waals surface area contributed by atoms with Crippen molar-refractivity contribution in [3.63, 3.8) is 0 Å². The second kappa shape index (κ2) is 11.7. The van der Waals surface area contributed by atoms with Crippen molar-refractivity contribution >= 4 is 61.0 Å². The van der Waals surface area contributed by atoms with Crippen molar-refractivity contribution in [1.82, 2.24) is 0 Å². The number of halogens is 1. The number of nitrogens with zero attached hydrogens (tertiary/aromatic N) is 1. The van der Waals surface area contributed by atoms with Crippen molar-refractivity contribution in [1.29, 1.82) is 0 Å². The van der Waals surface area contributed by atoms with Crippen LogP contribution in [0.1, 0.15) is 0 Å². The molecule has 3 heteroatoms. The van der Waals surface area contributed by atoms with Crippen molar-refractivity contribution in [3.8, 4) is 28.0 Å². The Morgan fingerprint density at radius 1 is 0.413 bits per heavy atom. The van der Waals surface area contributed by atoms with Gasteiger partial charge in [0, 0.05) is 27.6 Å². The zero-order valence-electron chi connectivity index (χ0n) is 25.3. The van der Waals surface area contributed by atoms with E-state index >= 15 is 0 Å². The fourth-order valence-corrected chi connectivity index (χ4v) is 6.85. The van der Waals surface area contributed by atoms with Gasteiger partial charge in [0.05, 0.1) is 7.11 Å². The van der Waals surface area contributed by atoms with Gasteiger partial charge in [0.1, 0.15) is 5.75 Å². The first-order chi connectivity index (χ1) is 22.7. The van der Waals surface area contributed by atoms with Crippen LogP contribution in [0.5, 0.6) is 5.75 Å². The van der Waals surface area contributed by atoms with E-state index in [1.807, 2.05) is 12.1 Å². The van der Waals surface area contributed by atoms with Gasteiger partial charge in [-0.3, -0.25) is 0 Å². The minimum Gasteiger partial charge on any atom is -0.496 e. The number of benzene rings is 8. The van der Waals surface area contributed by atoms with Gasteiger partial charge in [0.25, 0.3) is 0 Å². The normalized spacial score (nSPS) is 11.3. The third-order valence-corrected chi connectivity index (χ3v) is 9.04. The zero-order valence-corrected chi connectivity index (χ0v) is 26.1. The van der Waals surface area contributed by atoms with Crippen molar-refractivity contribution in [2.24, 2.45) is 0 Å². The minimum absolute atomic E-state index is 0.655. The molecule has 0 amide bonds. The van der Waals surface area contributed by atoms with Gasteiger partial charge < -0.3 is 9.64 Å². The maximum absolute atomic E-state index is 6.36. The third-order valence-electron chi connectivity index (χ3n) is 8.80. The standard InChI is InChI=1S/C43H30ClNO/c1-46-43-26-30(44)22-25-38(43)40-28-42-35-17-9-8-16-34(35)39(27-41(42)37-19-11-10-18-36(37)40)29-20-23-33(24-21-29)45(31-12-4-2-5-13-31)32-14-6-3-7-15-32/h2-28H,1H3. The van der Waals surface area contributed by atoms with E-state index in [0.29, 0.717) is 5.02 Å². The molecule has 0 unspecified atom stereocenters. The summed E-state index contributed by atoms with van der Waals surface area (Å²) in [6.07, 6.45) is 0. The van der Waals surface area contributed by atoms with Gasteiger partial charge in [-0.15, -0.1) is 0 Å². The highest BCUT2D eigenvalue weighted by Gasteiger charge is 2.17. The molecule has 8 aromatic carbocycles. The Kier molecular flexibility index (Phi) is 7.13. The van der Waals surface area contributed by atoms with Crippen LogP contribution in [0.4, 0.5) is 17.1 Å². The molecular weight excluding hydrogens is 582 g/mol. The van der Waals surface area contributed by atoms with Gasteiger partial charge >= 0.3 is 0 Å². The Bertz CT molecular complexity index is 2310. The summed E-state index contributed by atoms with van der Waals surface area (Å²) >= 11 is 6.36. The van der Waals surface area contributed by atoms with E-state index in [1.165, 1.54) is 43.4 Å².